The maximum atomic E-state index is 12.3. The molecular weight excluding hydrogens is 336 g/mol. The minimum Gasteiger partial charge on any atom is -0.382 e. The molecule has 0 radical (unpaired) electrons. The monoisotopic (exact) mass is 360 g/mol. The molecule has 25 heavy (non-hydrogen) atoms. The number of unbranched alkanes of at least 4 members (excludes halogenated alkanes) is 1. The Morgan fingerprint density at radius 1 is 1.12 bits per heavy atom. The molecule has 0 bridgehead atoms. The van der Waals surface area contributed by atoms with Crippen LogP contribution in [0.3, 0.4) is 0 Å². The lowest BCUT2D eigenvalue weighted by atomic mass is 10.1. The van der Waals surface area contributed by atoms with Gasteiger partial charge in [-0.2, -0.15) is 0 Å². The summed E-state index contributed by atoms with van der Waals surface area (Å²) in [4.78, 5) is 12.3. The third-order valence-electron chi connectivity index (χ3n) is 3.73. The van der Waals surface area contributed by atoms with Crippen LogP contribution in [0.25, 0.3) is 0 Å². The average Bonchev–Trinajstić information content (AvgIpc) is 2.61. The molecule has 2 rings (SSSR count). The lowest BCUT2D eigenvalue weighted by Crippen LogP contribution is -2.16. The van der Waals surface area contributed by atoms with Crippen molar-refractivity contribution in [2.45, 2.75) is 26.3 Å². The highest BCUT2D eigenvalue weighted by atomic mass is 35.5. The summed E-state index contributed by atoms with van der Waals surface area (Å²) in [6.07, 6.45) is 2.15. The number of halogens is 1. The Morgan fingerprint density at radius 2 is 1.96 bits per heavy atom. The SMILES string of the molecule is CCOCCCCNCc1cccc(NC(=O)c2ccccc2Cl)c1. The van der Waals surface area contributed by atoms with E-state index in [0.717, 1.165) is 50.4 Å². The fraction of sp³-hybridized carbons (Fsp3) is 0.350. The standard InChI is InChI=1S/C20H25ClN2O2/c1-2-25-13-6-5-12-22-15-16-8-7-9-17(14-16)23-20(24)18-10-3-4-11-19(18)21/h3-4,7-11,14,22H,2,5-6,12-13,15H2,1H3,(H,23,24). The topological polar surface area (TPSA) is 50.4 Å². The third-order valence-corrected chi connectivity index (χ3v) is 4.06. The summed E-state index contributed by atoms with van der Waals surface area (Å²) >= 11 is 6.07. The van der Waals surface area contributed by atoms with Crippen molar-refractivity contribution >= 4 is 23.2 Å². The van der Waals surface area contributed by atoms with E-state index in [1.165, 1.54) is 0 Å². The number of amides is 1. The summed E-state index contributed by atoms with van der Waals surface area (Å²) < 4.78 is 5.32. The van der Waals surface area contributed by atoms with Crippen LogP contribution < -0.4 is 10.6 Å². The van der Waals surface area contributed by atoms with Crippen LogP contribution in [0, 0.1) is 0 Å². The second-order valence-electron chi connectivity index (χ2n) is 5.72. The molecule has 0 fully saturated rings. The maximum absolute atomic E-state index is 12.3. The van der Waals surface area contributed by atoms with E-state index in [1.54, 1.807) is 24.3 Å². The molecule has 0 aliphatic rings. The van der Waals surface area contributed by atoms with E-state index in [0.29, 0.717) is 10.6 Å². The van der Waals surface area contributed by atoms with E-state index < -0.39 is 0 Å². The summed E-state index contributed by atoms with van der Waals surface area (Å²) in [7, 11) is 0. The summed E-state index contributed by atoms with van der Waals surface area (Å²) in [6.45, 7) is 5.32. The molecule has 0 aliphatic heterocycles. The van der Waals surface area contributed by atoms with Crippen molar-refractivity contribution < 1.29 is 9.53 Å². The van der Waals surface area contributed by atoms with Crippen molar-refractivity contribution in [1.29, 1.82) is 0 Å². The zero-order chi connectivity index (χ0) is 17.9. The Kier molecular flexibility index (Phi) is 8.46. The third kappa shape index (κ3) is 6.86. The Labute approximate surface area is 154 Å². The molecule has 5 heteroatoms. The summed E-state index contributed by atoms with van der Waals surface area (Å²) in [5, 5.41) is 6.76. The Hall–Kier alpha value is -1.88. The van der Waals surface area contributed by atoms with Gasteiger partial charge < -0.3 is 15.4 Å². The van der Waals surface area contributed by atoms with Gasteiger partial charge in [0.15, 0.2) is 0 Å². The molecule has 4 nitrogen and oxygen atoms in total. The molecule has 0 saturated carbocycles. The normalized spacial score (nSPS) is 10.6. The van der Waals surface area contributed by atoms with E-state index in [1.807, 2.05) is 31.2 Å². The van der Waals surface area contributed by atoms with Crippen molar-refractivity contribution in [3.8, 4) is 0 Å². The fourth-order valence-electron chi connectivity index (χ4n) is 2.43. The van der Waals surface area contributed by atoms with Crippen molar-refractivity contribution in [1.82, 2.24) is 5.32 Å². The predicted molar refractivity (Wildman–Crippen MR) is 103 cm³/mol. The smallest absolute Gasteiger partial charge is 0.257 e. The van der Waals surface area contributed by atoms with Gasteiger partial charge in [0.2, 0.25) is 0 Å². The molecule has 0 aliphatic carbocycles. The molecule has 2 aromatic rings. The van der Waals surface area contributed by atoms with Gasteiger partial charge in [-0.3, -0.25) is 4.79 Å². The quantitative estimate of drug-likeness (QED) is 0.613. The largest absolute Gasteiger partial charge is 0.382 e. The minimum atomic E-state index is -0.202. The van der Waals surface area contributed by atoms with Crippen molar-refractivity contribution in [2.24, 2.45) is 0 Å². The second kappa shape index (κ2) is 10.9. The summed E-state index contributed by atoms with van der Waals surface area (Å²) in [5.74, 6) is -0.202. The first-order valence-corrected chi connectivity index (χ1v) is 9.01. The molecule has 2 N–H and O–H groups in total. The molecule has 1 amide bonds. The second-order valence-corrected chi connectivity index (χ2v) is 6.12. The van der Waals surface area contributed by atoms with Crippen LogP contribution >= 0.6 is 11.6 Å². The average molecular weight is 361 g/mol. The van der Waals surface area contributed by atoms with E-state index >= 15 is 0 Å². The molecule has 0 spiro atoms. The minimum absolute atomic E-state index is 0.202. The van der Waals surface area contributed by atoms with Gasteiger partial charge in [-0.1, -0.05) is 35.9 Å². The Balaban J connectivity index is 1.81. The number of benzene rings is 2. The highest BCUT2D eigenvalue weighted by molar-refractivity contribution is 6.34. The highest BCUT2D eigenvalue weighted by Crippen LogP contribution is 2.18. The lowest BCUT2D eigenvalue weighted by Gasteiger charge is -2.09. The molecule has 134 valence electrons. The number of rotatable bonds is 10. The zero-order valence-corrected chi connectivity index (χ0v) is 15.3. The fourth-order valence-corrected chi connectivity index (χ4v) is 2.66. The van der Waals surface area contributed by atoms with E-state index in [2.05, 4.69) is 10.6 Å². The summed E-state index contributed by atoms with van der Waals surface area (Å²) in [6, 6.07) is 14.9. The molecule has 0 heterocycles. The maximum Gasteiger partial charge on any atom is 0.257 e. The van der Waals surface area contributed by atoms with E-state index in [9.17, 15) is 4.79 Å². The molecular formula is C20H25ClN2O2. The van der Waals surface area contributed by atoms with Gasteiger partial charge >= 0.3 is 0 Å². The predicted octanol–water partition coefficient (Wildman–Crippen LogP) is 4.50. The van der Waals surface area contributed by atoms with Crippen LogP contribution in [0.4, 0.5) is 5.69 Å². The van der Waals surface area contributed by atoms with Gasteiger partial charge in [0.1, 0.15) is 0 Å². The summed E-state index contributed by atoms with van der Waals surface area (Å²) in [5.41, 5.74) is 2.37. The van der Waals surface area contributed by atoms with Gasteiger partial charge in [-0.25, -0.2) is 0 Å². The molecule has 2 aromatic carbocycles. The van der Waals surface area contributed by atoms with Crippen LogP contribution in [0.5, 0.6) is 0 Å². The number of carbonyl (C=O) groups is 1. The first-order chi connectivity index (χ1) is 12.2. The number of hydrogen-bond donors (Lipinski definition) is 2. The number of carbonyl (C=O) groups excluding carboxylic acids is 1. The number of hydrogen-bond acceptors (Lipinski definition) is 3. The number of nitrogens with one attached hydrogen (secondary N) is 2. The van der Waals surface area contributed by atoms with Gasteiger partial charge in [0.25, 0.3) is 5.91 Å². The van der Waals surface area contributed by atoms with Crippen LogP contribution in [-0.4, -0.2) is 25.7 Å². The lowest BCUT2D eigenvalue weighted by molar-refractivity contribution is 0.102. The van der Waals surface area contributed by atoms with Crippen molar-refractivity contribution in [2.75, 3.05) is 25.1 Å². The molecule has 0 saturated heterocycles. The number of ether oxygens (including phenoxy) is 1. The van der Waals surface area contributed by atoms with Crippen LogP contribution in [-0.2, 0) is 11.3 Å². The Bertz CT molecular complexity index is 676. The zero-order valence-electron chi connectivity index (χ0n) is 14.6. The van der Waals surface area contributed by atoms with Crippen LogP contribution in [0.2, 0.25) is 5.02 Å². The van der Waals surface area contributed by atoms with Crippen LogP contribution in [0.1, 0.15) is 35.7 Å². The van der Waals surface area contributed by atoms with Gasteiger partial charge in [0, 0.05) is 25.4 Å². The first-order valence-electron chi connectivity index (χ1n) is 8.64. The molecule has 0 aromatic heterocycles. The van der Waals surface area contributed by atoms with E-state index in [-0.39, 0.29) is 5.91 Å². The van der Waals surface area contributed by atoms with Gasteiger partial charge in [0.05, 0.1) is 10.6 Å². The van der Waals surface area contributed by atoms with Crippen LogP contribution in [0.15, 0.2) is 48.5 Å². The Morgan fingerprint density at radius 3 is 2.76 bits per heavy atom. The highest BCUT2D eigenvalue weighted by Gasteiger charge is 2.09. The van der Waals surface area contributed by atoms with Gasteiger partial charge in [-0.05, 0) is 56.1 Å². The van der Waals surface area contributed by atoms with Crippen molar-refractivity contribution in [3.63, 3.8) is 0 Å². The number of anilines is 1. The first kappa shape index (κ1) is 19.4. The van der Waals surface area contributed by atoms with E-state index in [4.69, 9.17) is 16.3 Å². The molecule has 0 unspecified atom stereocenters. The van der Waals surface area contributed by atoms with Gasteiger partial charge in [-0.15, -0.1) is 0 Å². The molecule has 0 atom stereocenters. The van der Waals surface area contributed by atoms with Crippen molar-refractivity contribution in [3.05, 3.63) is 64.7 Å².